The Kier molecular flexibility index (Phi) is 9.24. The molecule has 10 nitrogen and oxygen atoms in total. The number of nitrogen functional groups attached to an aromatic ring is 1. The summed E-state index contributed by atoms with van der Waals surface area (Å²) in [7, 11) is 0. The van der Waals surface area contributed by atoms with Crippen LogP contribution in [-0.4, -0.2) is 87.1 Å². The van der Waals surface area contributed by atoms with E-state index in [1.165, 1.54) is 11.8 Å². The van der Waals surface area contributed by atoms with E-state index in [-0.39, 0.29) is 17.4 Å². The van der Waals surface area contributed by atoms with E-state index in [0.717, 1.165) is 49.5 Å². The standard InChI is InChI=1S/C29H29N5O5S2/c30-28-31-9-7-23(32-28)22-17-20(3-6-24(22)39-16-13-33-11-14-38-15-12-33)18-25-26(35)34(29(40)41-25)10-8-19-1-4-21(5-2-19)27(36)37/h1-7,9,17-18H,8,10-16H2,(H,36,37)(H2,30,31,32)/b25-18-. The van der Waals surface area contributed by atoms with E-state index in [1.807, 2.05) is 24.3 Å². The number of carbonyl (C=O) groups excluding carboxylic acids is 1. The van der Waals surface area contributed by atoms with Crippen LogP contribution in [0, 0.1) is 0 Å². The predicted molar refractivity (Wildman–Crippen MR) is 162 cm³/mol. The molecule has 212 valence electrons. The summed E-state index contributed by atoms with van der Waals surface area (Å²) in [5.41, 5.74) is 9.17. The predicted octanol–water partition coefficient (Wildman–Crippen LogP) is 3.58. The molecule has 3 heterocycles. The van der Waals surface area contributed by atoms with Gasteiger partial charge in [-0.1, -0.05) is 42.2 Å². The molecule has 2 aliphatic heterocycles. The van der Waals surface area contributed by atoms with Gasteiger partial charge in [-0.25, -0.2) is 14.8 Å². The Bertz CT molecular complexity index is 1470. The molecule has 0 saturated carbocycles. The van der Waals surface area contributed by atoms with Crippen molar-refractivity contribution in [3.63, 3.8) is 0 Å². The third-order valence-electron chi connectivity index (χ3n) is 6.72. The van der Waals surface area contributed by atoms with E-state index in [0.29, 0.717) is 40.2 Å². The number of anilines is 1. The quantitative estimate of drug-likeness (QED) is 0.265. The number of aromatic nitrogens is 2. The smallest absolute Gasteiger partial charge is 0.335 e. The lowest BCUT2D eigenvalue weighted by atomic mass is 10.1. The van der Waals surface area contributed by atoms with Gasteiger partial charge in [0.05, 0.1) is 29.4 Å². The highest BCUT2D eigenvalue weighted by Gasteiger charge is 2.31. The number of thioether (sulfide) groups is 1. The normalized spacial score (nSPS) is 16.9. The number of nitrogens with two attached hydrogens (primary N) is 1. The number of carboxylic acid groups (broad SMARTS) is 1. The Hall–Kier alpha value is -3.84. The summed E-state index contributed by atoms with van der Waals surface area (Å²) < 4.78 is 12.1. The molecule has 12 heteroatoms. The number of nitrogens with zero attached hydrogens (tertiary/aromatic N) is 4. The summed E-state index contributed by atoms with van der Waals surface area (Å²) in [5.74, 6) is -0.320. The van der Waals surface area contributed by atoms with Crippen LogP contribution in [0.2, 0.25) is 0 Å². The first-order valence-corrected chi connectivity index (χ1v) is 14.3. The van der Waals surface area contributed by atoms with Crippen molar-refractivity contribution in [2.75, 3.05) is 51.7 Å². The summed E-state index contributed by atoms with van der Waals surface area (Å²) in [4.78, 5) is 37.1. The van der Waals surface area contributed by atoms with E-state index < -0.39 is 5.97 Å². The molecule has 0 unspecified atom stereocenters. The highest BCUT2D eigenvalue weighted by atomic mass is 32.2. The lowest BCUT2D eigenvalue weighted by molar-refractivity contribution is -0.122. The monoisotopic (exact) mass is 591 g/mol. The van der Waals surface area contributed by atoms with E-state index in [4.69, 9.17) is 32.5 Å². The average Bonchev–Trinajstić information content (AvgIpc) is 3.24. The molecule has 5 rings (SSSR count). The molecule has 0 spiro atoms. The molecule has 1 aromatic heterocycles. The maximum Gasteiger partial charge on any atom is 0.335 e. The molecule has 0 radical (unpaired) electrons. The Labute approximate surface area is 247 Å². The van der Waals surface area contributed by atoms with Gasteiger partial charge in [0.25, 0.3) is 5.91 Å². The fourth-order valence-electron chi connectivity index (χ4n) is 4.50. The average molecular weight is 592 g/mol. The lowest BCUT2D eigenvalue weighted by Crippen LogP contribution is -2.38. The van der Waals surface area contributed by atoms with Crippen LogP contribution >= 0.6 is 24.0 Å². The molecule has 2 saturated heterocycles. The Morgan fingerprint density at radius 3 is 2.66 bits per heavy atom. The fourth-order valence-corrected chi connectivity index (χ4v) is 5.80. The molecule has 0 atom stereocenters. The third-order valence-corrected chi connectivity index (χ3v) is 8.10. The Balaban J connectivity index is 1.31. The molecule has 0 aliphatic carbocycles. The summed E-state index contributed by atoms with van der Waals surface area (Å²) >= 11 is 6.76. The zero-order chi connectivity index (χ0) is 28.8. The second-order valence-corrected chi connectivity index (χ2v) is 11.1. The van der Waals surface area contributed by atoms with Gasteiger partial charge in [-0.05, 0) is 54.0 Å². The van der Waals surface area contributed by atoms with Crippen LogP contribution in [0.5, 0.6) is 5.75 Å². The van der Waals surface area contributed by atoms with Gasteiger partial charge >= 0.3 is 5.97 Å². The van der Waals surface area contributed by atoms with Crippen LogP contribution in [0.15, 0.2) is 59.6 Å². The van der Waals surface area contributed by atoms with Crippen molar-refractivity contribution in [1.29, 1.82) is 0 Å². The zero-order valence-corrected chi connectivity index (χ0v) is 23.8. The van der Waals surface area contributed by atoms with Gasteiger partial charge in [0.2, 0.25) is 5.95 Å². The van der Waals surface area contributed by atoms with Gasteiger partial charge in [-0.3, -0.25) is 14.6 Å². The molecule has 2 fully saturated rings. The summed E-state index contributed by atoms with van der Waals surface area (Å²) in [6.45, 7) is 4.90. The molecular weight excluding hydrogens is 562 g/mol. The van der Waals surface area contributed by atoms with Crippen molar-refractivity contribution < 1.29 is 24.2 Å². The van der Waals surface area contributed by atoms with Crippen molar-refractivity contribution in [3.8, 4) is 17.0 Å². The van der Waals surface area contributed by atoms with Crippen molar-refractivity contribution in [3.05, 3.63) is 76.3 Å². The first kappa shape index (κ1) is 28.7. The Morgan fingerprint density at radius 2 is 1.93 bits per heavy atom. The number of hydrogen-bond acceptors (Lipinski definition) is 10. The lowest BCUT2D eigenvalue weighted by Gasteiger charge is -2.26. The molecule has 2 aromatic carbocycles. The van der Waals surface area contributed by atoms with Gasteiger partial charge in [-0.15, -0.1) is 0 Å². The minimum Gasteiger partial charge on any atom is -0.492 e. The first-order chi connectivity index (χ1) is 19.9. The summed E-state index contributed by atoms with van der Waals surface area (Å²) in [6.07, 6.45) is 3.96. The highest BCUT2D eigenvalue weighted by molar-refractivity contribution is 8.26. The summed E-state index contributed by atoms with van der Waals surface area (Å²) in [6, 6.07) is 14.1. The van der Waals surface area contributed by atoms with Gasteiger partial charge in [0.15, 0.2) is 0 Å². The number of morpholine rings is 1. The second-order valence-electron chi connectivity index (χ2n) is 9.44. The minimum atomic E-state index is -0.974. The van der Waals surface area contributed by atoms with Crippen LogP contribution in [0.4, 0.5) is 5.95 Å². The maximum atomic E-state index is 13.2. The molecule has 41 heavy (non-hydrogen) atoms. The van der Waals surface area contributed by atoms with Crippen molar-refractivity contribution >= 4 is 52.2 Å². The number of thiocarbonyl (C=S) groups is 1. The number of ether oxygens (including phenoxy) is 2. The third kappa shape index (κ3) is 7.27. The summed E-state index contributed by atoms with van der Waals surface area (Å²) in [5, 5.41) is 9.09. The second kappa shape index (κ2) is 13.2. The molecule has 3 aromatic rings. The first-order valence-electron chi connectivity index (χ1n) is 13.1. The SMILES string of the molecule is Nc1nccc(-c2cc(/C=C3\SC(=S)N(CCc4ccc(C(=O)O)cc4)C3=O)ccc2OCCN2CCOCC2)n1. The number of carbonyl (C=O) groups is 2. The van der Waals surface area contributed by atoms with E-state index >= 15 is 0 Å². The van der Waals surface area contributed by atoms with Crippen LogP contribution in [0.3, 0.4) is 0 Å². The van der Waals surface area contributed by atoms with Gasteiger partial charge < -0.3 is 20.3 Å². The zero-order valence-electron chi connectivity index (χ0n) is 22.2. The number of benzene rings is 2. The van der Waals surface area contributed by atoms with Gasteiger partial charge in [0, 0.05) is 37.9 Å². The number of aromatic carboxylic acids is 1. The van der Waals surface area contributed by atoms with Crippen LogP contribution in [0.25, 0.3) is 17.3 Å². The maximum absolute atomic E-state index is 13.2. The number of carboxylic acids is 1. The van der Waals surface area contributed by atoms with E-state index in [2.05, 4.69) is 14.9 Å². The highest BCUT2D eigenvalue weighted by Crippen LogP contribution is 2.35. The largest absolute Gasteiger partial charge is 0.492 e. The molecular formula is C29H29N5O5S2. The van der Waals surface area contributed by atoms with Gasteiger partial charge in [0.1, 0.15) is 16.7 Å². The fraction of sp³-hybridized carbons (Fsp3) is 0.276. The molecule has 3 N–H and O–H groups in total. The van der Waals surface area contributed by atoms with Crippen molar-refractivity contribution in [1.82, 2.24) is 19.8 Å². The van der Waals surface area contributed by atoms with E-state index in [9.17, 15) is 9.59 Å². The minimum absolute atomic E-state index is 0.158. The van der Waals surface area contributed by atoms with Crippen LogP contribution in [-0.2, 0) is 16.0 Å². The molecule has 1 amide bonds. The van der Waals surface area contributed by atoms with Crippen molar-refractivity contribution in [2.24, 2.45) is 0 Å². The van der Waals surface area contributed by atoms with Crippen LogP contribution in [0.1, 0.15) is 21.5 Å². The Morgan fingerprint density at radius 1 is 1.15 bits per heavy atom. The number of rotatable bonds is 10. The number of amides is 1. The van der Waals surface area contributed by atoms with Crippen molar-refractivity contribution in [2.45, 2.75) is 6.42 Å². The number of hydrogen-bond donors (Lipinski definition) is 2. The molecule has 2 aliphatic rings. The topological polar surface area (TPSA) is 131 Å². The van der Waals surface area contributed by atoms with E-state index in [1.54, 1.807) is 41.4 Å². The van der Waals surface area contributed by atoms with Gasteiger partial charge in [-0.2, -0.15) is 0 Å². The van der Waals surface area contributed by atoms with Crippen LogP contribution < -0.4 is 10.5 Å². The molecule has 0 bridgehead atoms.